The van der Waals surface area contributed by atoms with Gasteiger partial charge in [0.15, 0.2) is 0 Å². The van der Waals surface area contributed by atoms with Crippen LogP contribution < -0.4 is 5.43 Å². The Kier molecular flexibility index (Phi) is 7.92. The van der Waals surface area contributed by atoms with Crippen molar-refractivity contribution in [3.05, 3.63) is 0 Å². The Morgan fingerprint density at radius 2 is 1.67 bits per heavy atom. The first kappa shape index (κ1) is 16.0. The summed E-state index contributed by atoms with van der Waals surface area (Å²) in [5, 5.41) is 2.51. The van der Waals surface area contributed by atoms with Crippen LogP contribution >= 0.6 is 0 Å². The Hall–Kier alpha value is -0.0800. The molecule has 1 aliphatic rings. The summed E-state index contributed by atoms with van der Waals surface area (Å²) in [4.78, 5) is 0. The highest BCUT2D eigenvalue weighted by atomic mass is 15.5. The van der Waals surface area contributed by atoms with E-state index in [2.05, 4.69) is 38.1 Å². The van der Waals surface area contributed by atoms with Crippen LogP contribution in [0, 0.1) is 0 Å². The van der Waals surface area contributed by atoms with Crippen molar-refractivity contribution in [2.24, 2.45) is 0 Å². The number of nitrogens with zero attached hydrogens (tertiary/aromatic N) is 1. The highest BCUT2D eigenvalue weighted by Crippen LogP contribution is 2.21. The molecular weight excluding hydrogens is 220 g/mol. The van der Waals surface area contributed by atoms with Crippen molar-refractivity contribution in [2.75, 3.05) is 0 Å². The fourth-order valence-corrected chi connectivity index (χ4v) is 3.05. The second kappa shape index (κ2) is 8.92. The minimum absolute atomic E-state index is 0.634. The molecule has 18 heavy (non-hydrogen) atoms. The largest absolute Gasteiger partial charge is 0.252 e. The third-order valence-electron chi connectivity index (χ3n) is 4.30. The van der Waals surface area contributed by atoms with Crippen LogP contribution in [0.2, 0.25) is 0 Å². The lowest BCUT2D eigenvalue weighted by Crippen LogP contribution is -2.54. The van der Waals surface area contributed by atoms with Crippen molar-refractivity contribution < 1.29 is 0 Å². The van der Waals surface area contributed by atoms with Gasteiger partial charge in [-0.3, -0.25) is 5.43 Å². The Morgan fingerprint density at radius 3 is 2.28 bits per heavy atom. The number of hydrazine groups is 1. The third kappa shape index (κ3) is 5.71. The van der Waals surface area contributed by atoms with Gasteiger partial charge in [-0.1, -0.05) is 45.4 Å². The monoisotopic (exact) mass is 254 g/mol. The molecule has 2 nitrogen and oxygen atoms in total. The second-order valence-electron chi connectivity index (χ2n) is 6.27. The van der Waals surface area contributed by atoms with Gasteiger partial charge in [-0.15, -0.1) is 0 Å². The minimum Gasteiger partial charge on any atom is -0.252 e. The van der Waals surface area contributed by atoms with E-state index in [-0.39, 0.29) is 0 Å². The number of nitrogens with one attached hydrogen (secondary N) is 1. The van der Waals surface area contributed by atoms with Crippen LogP contribution in [0.4, 0.5) is 0 Å². The third-order valence-corrected chi connectivity index (χ3v) is 4.30. The molecule has 0 bridgehead atoms. The Balaban J connectivity index is 2.15. The lowest BCUT2D eigenvalue weighted by Gasteiger charge is -2.41. The molecule has 0 aliphatic carbocycles. The molecule has 0 saturated carbocycles. The summed E-state index contributed by atoms with van der Waals surface area (Å²) in [5.41, 5.74) is 3.74. The van der Waals surface area contributed by atoms with Crippen LogP contribution in [0.25, 0.3) is 0 Å². The summed E-state index contributed by atoms with van der Waals surface area (Å²) in [6, 6.07) is 2.04. The van der Waals surface area contributed by atoms with Gasteiger partial charge >= 0.3 is 0 Å². The molecule has 1 rings (SSSR count). The summed E-state index contributed by atoms with van der Waals surface area (Å²) >= 11 is 0. The molecule has 0 amide bonds. The van der Waals surface area contributed by atoms with E-state index in [9.17, 15) is 0 Å². The topological polar surface area (TPSA) is 15.3 Å². The normalized spacial score (nSPS) is 27.3. The standard InChI is InChI=1S/C16H34N2/c1-5-6-7-8-9-11-14(2)17-18-15(3)12-10-13-16(18)4/h14-17H,5-13H2,1-4H3. The van der Waals surface area contributed by atoms with Gasteiger partial charge in [-0.25, -0.2) is 5.01 Å². The molecule has 0 radical (unpaired) electrons. The first-order valence-electron chi connectivity index (χ1n) is 8.19. The van der Waals surface area contributed by atoms with Crippen molar-refractivity contribution in [3.8, 4) is 0 Å². The zero-order valence-electron chi connectivity index (χ0n) is 13.0. The Labute approximate surface area is 114 Å². The summed E-state index contributed by atoms with van der Waals surface area (Å²) in [5.74, 6) is 0. The van der Waals surface area contributed by atoms with Gasteiger partial charge in [-0.2, -0.15) is 0 Å². The van der Waals surface area contributed by atoms with E-state index >= 15 is 0 Å². The molecule has 1 saturated heterocycles. The van der Waals surface area contributed by atoms with Crippen LogP contribution in [0.1, 0.15) is 85.5 Å². The molecule has 0 spiro atoms. The van der Waals surface area contributed by atoms with Gasteiger partial charge in [0.25, 0.3) is 0 Å². The average molecular weight is 254 g/mol. The number of rotatable bonds is 8. The molecular formula is C16H34N2. The first-order chi connectivity index (χ1) is 8.65. The van der Waals surface area contributed by atoms with Gasteiger partial charge in [0.1, 0.15) is 0 Å². The van der Waals surface area contributed by atoms with Crippen LogP contribution in [0.5, 0.6) is 0 Å². The molecule has 1 heterocycles. The van der Waals surface area contributed by atoms with Gasteiger partial charge in [0.05, 0.1) is 0 Å². The SMILES string of the molecule is CCCCCCCC(C)NN1C(C)CCCC1C. The highest BCUT2D eigenvalue weighted by Gasteiger charge is 2.25. The van der Waals surface area contributed by atoms with E-state index < -0.39 is 0 Å². The van der Waals surface area contributed by atoms with Crippen molar-refractivity contribution in [2.45, 2.75) is 104 Å². The lowest BCUT2D eigenvalue weighted by atomic mass is 9.99. The van der Waals surface area contributed by atoms with Crippen LogP contribution in [-0.2, 0) is 0 Å². The van der Waals surface area contributed by atoms with Gasteiger partial charge in [-0.05, 0) is 40.0 Å². The molecule has 0 aromatic carbocycles. The molecule has 1 aliphatic heterocycles. The van der Waals surface area contributed by atoms with Crippen LogP contribution in [0.3, 0.4) is 0 Å². The van der Waals surface area contributed by atoms with Crippen molar-refractivity contribution in [1.82, 2.24) is 10.4 Å². The van der Waals surface area contributed by atoms with Gasteiger partial charge in [0, 0.05) is 18.1 Å². The fourth-order valence-electron chi connectivity index (χ4n) is 3.05. The van der Waals surface area contributed by atoms with E-state index in [0.717, 1.165) is 0 Å². The predicted molar refractivity (Wildman–Crippen MR) is 80.6 cm³/mol. The quantitative estimate of drug-likeness (QED) is 0.641. The predicted octanol–water partition coefficient (Wildman–Crippen LogP) is 4.50. The lowest BCUT2D eigenvalue weighted by molar-refractivity contribution is 0.0306. The maximum Gasteiger partial charge on any atom is 0.0218 e. The van der Waals surface area contributed by atoms with Gasteiger partial charge < -0.3 is 0 Å². The highest BCUT2D eigenvalue weighted by molar-refractivity contribution is 4.78. The zero-order chi connectivity index (χ0) is 13.4. The number of piperidine rings is 1. The maximum atomic E-state index is 3.74. The summed E-state index contributed by atoms with van der Waals surface area (Å²) in [6.45, 7) is 9.34. The summed E-state index contributed by atoms with van der Waals surface area (Å²) in [7, 11) is 0. The fraction of sp³-hybridized carbons (Fsp3) is 1.00. The molecule has 0 aromatic heterocycles. The maximum absolute atomic E-state index is 3.74. The molecule has 108 valence electrons. The van der Waals surface area contributed by atoms with Crippen molar-refractivity contribution in [3.63, 3.8) is 0 Å². The molecule has 0 aromatic rings. The second-order valence-corrected chi connectivity index (χ2v) is 6.27. The Bertz CT molecular complexity index is 195. The molecule has 1 N–H and O–H groups in total. The van der Waals surface area contributed by atoms with E-state index in [1.54, 1.807) is 0 Å². The number of unbranched alkanes of at least 4 members (excludes halogenated alkanes) is 4. The zero-order valence-corrected chi connectivity index (χ0v) is 13.0. The van der Waals surface area contributed by atoms with Gasteiger partial charge in [0.2, 0.25) is 0 Å². The van der Waals surface area contributed by atoms with Crippen LogP contribution in [-0.4, -0.2) is 23.1 Å². The smallest absolute Gasteiger partial charge is 0.0218 e. The molecule has 3 unspecified atom stereocenters. The number of hydrogen-bond acceptors (Lipinski definition) is 2. The van der Waals surface area contributed by atoms with E-state index in [1.165, 1.54) is 57.8 Å². The minimum atomic E-state index is 0.634. The van der Waals surface area contributed by atoms with E-state index in [4.69, 9.17) is 0 Å². The molecule has 1 fully saturated rings. The van der Waals surface area contributed by atoms with E-state index in [1.807, 2.05) is 0 Å². The molecule has 2 heteroatoms. The van der Waals surface area contributed by atoms with Crippen LogP contribution in [0.15, 0.2) is 0 Å². The van der Waals surface area contributed by atoms with Crippen molar-refractivity contribution in [1.29, 1.82) is 0 Å². The first-order valence-corrected chi connectivity index (χ1v) is 8.19. The summed E-state index contributed by atoms with van der Waals surface area (Å²) < 4.78 is 0. The number of hydrogen-bond donors (Lipinski definition) is 1. The van der Waals surface area contributed by atoms with Crippen molar-refractivity contribution >= 4 is 0 Å². The average Bonchev–Trinajstić information content (AvgIpc) is 2.34. The van der Waals surface area contributed by atoms with E-state index in [0.29, 0.717) is 18.1 Å². The summed E-state index contributed by atoms with van der Waals surface area (Å²) in [6.07, 6.45) is 12.4. The Morgan fingerprint density at radius 1 is 1.06 bits per heavy atom. The molecule has 3 atom stereocenters.